The zero-order chi connectivity index (χ0) is 13.1. The fourth-order valence-corrected chi connectivity index (χ4v) is 1.76. The molecule has 0 radical (unpaired) electrons. The lowest BCUT2D eigenvalue weighted by Gasteiger charge is -2.04. The monoisotopic (exact) mass is 307 g/mol. The summed E-state index contributed by atoms with van der Waals surface area (Å²) in [5, 5.41) is 2.56. The molecule has 2 aromatic rings. The van der Waals surface area contributed by atoms with Gasteiger partial charge in [0.15, 0.2) is 0 Å². The van der Waals surface area contributed by atoms with Gasteiger partial charge in [-0.05, 0) is 47.1 Å². The predicted molar refractivity (Wildman–Crippen MR) is 71.7 cm³/mol. The molecule has 0 fully saturated rings. The number of carbonyl (C=O) groups is 1. The maximum absolute atomic E-state index is 11.9. The van der Waals surface area contributed by atoms with Gasteiger partial charge in [0.1, 0.15) is 16.0 Å². The third kappa shape index (κ3) is 2.84. The Labute approximate surface area is 111 Å². The molecule has 92 valence electrons. The van der Waals surface area contributed by atoms with Gasteiger partial charge in [0.2, 0.25) is 0 Å². The van der Waals surface area contributed by atoms with E-state index in [1.165, 1.54) is 6.07 Å². The first-order valence-electron chi connectivity index (χ1n) is 5.20. The number of aromatic amines is 1. The summed E-state index contributed by atoms with van der Waals surface area (Å²) in [7, 11) is 0. The Kier molecular flexibility index (Phi) is 3.57. The number of halogens is 1. The highest BCUT2D eigenvalue weighted by Gasteiger charge is 2.11. The summed E-state index contributed by atoms with van der Waals surface area (Å²) >= 11 is 3.20. The Morgan fingerprint density at radius 2 is 2.11 bits per heavy atom. The van der Waals surface area contributed by atoms with Gasteiger partial charge in [-0.25, -0.2) is 4.98 Å². The number of aromatic nitrogens is 2. The summed E-state index contributed by atoms with van der Waals surface area (Å²) in [6.45, 7) is 1.75. The number of amides is 1. The van der Waals surface area contributed by atoms with Crippen LogP contribution in [0.15, 0.2) is 39.7 Å². The Morgan fingerprint density at radius 3 is 2.78 bits per heavy atom. The van der Waals surface area contributed by atoms with Crippen molar-refractivity contribution < 1.29 is 4.79 Å². The summed E-state index contributed by atoms with van der Waals surface area (Å²) in [5.74, 6) is -0.101. The van der Waals surface area contributed by atoms with E-state index in [0.29, 0.717) is 16.1 Å². The Bertz CT molecular complexity index is 652. The van der Waals surface area contributed by atoms with Crippen molar-refractivity contribution in [3.63, 3.8) is 0 Å². The van der Waals surface area contributed by atoms with Gasteiger partial charge in [-0.15, -0.1) is 0 Å². The number of nitrogens with one attached hydrogen (secondary N) is 2. The molecule has 2 rings (SSSR count). The molecule has 0 aliphatic rings. The zero-order valence-electron chi connectivity index (χ0n) is 9.53. The van der Waals surface area contributed by atoms with Gasteiger partial charge in [-0.3, -0.25) is 9.59 Å². The molecule has 0 aromatic carbocycles. The van der Waals surface area contributed by atoms with Crippen LogP contribution in [0.4, 0.5) is 5.82 Å². The molecule has 2 heterocycles. The Hall–Kier alpha value is -1.95. The van der Waals surface area contributed by atoms with Gasteiger partial charge in [0.05, 0.1) is 0 Å². The van der Waals surface area contributed by atoms with Crippen molar-refractivity contribution in [3.05, 3.63) is 56.5 Å². The molecule has 0 saturated carbocycles. The van der Waals surface area contributed by atoms with Crippen molar-refractivity contribution in [2.45, 2.75) is 6.92 Å². The van der Waals surface area contributed by atoms with E-state index >= 15 is 0 Å². The van der Waals surface area contributed by atoms with Crippen LogP contribution in [0.25, 0.3) is 0 Å². The SMILES string of the molecule is Cc1ccc(C(=O)Nc2cccc(Br)n2)c(=O)[nH]1. The van der Waals surface area contributed by atoms with Gasteiger partial charge in [-0.1, -0.05) is 6.07 Å². The molecule has 18 heavy (non-hydrogen) atoms. The van der Waals surface area contributed by atoms with Crippen LogP contribution in [0.1, 0.15) is 16.1 Å². The van der Waals surface area contributed by atoms with Gasteiger partial charge < -0.3 is 10.3 Å². The van der Waals surface area contributed by atoms with E-state index in [-0.39, 0.29) is 5.56 Å². The molecular weight excluding hydrogens is 298 g/mol. The molecule has 0 aliphatic carbocycles. The summed E-state index contributed by atoms with van der Waals surface area (Å²) < 4.78 is 0.609. The van der Waals surface area contributed by atoms with Crippen molar-refractivity contribution in [3.8, 4) is 0 Å². The fourth-order valence-electron chi connectivity index (χ4n) is 1.41. The highest BCUT2D eigenvalue weighted by molar-refractivity contribution is 9.10. The lowest BCUT2D eigenvalue weighted by atomic mass is 10.2. The molecule has 2 aromatic heterocycles. The van der Waals surface area contributed by atoms with Crippen molar-refractivity contribution in [2.75, 3.05) is 5.32 Å². The molecule has 0 saturated heterocycles. The van der Waals surface area contributed by atoms with Crippen LogP contribution < -0.4 is 10.9 Å². The van der Waals surface area contributed by atoms with Crippen molar-refractivity contribution >= 4 is 27.7 Å². The second-order valence-corrected chi connectivity index (χ2v) is 4.50. The first-order valence-corrected chi connectivity index (χ1v) is 5.99. The Morgan fingerprint density at radius 1 is 1.33 bits per heavy atom. The van der Waals surface area contributed by atoms with E-state index < -0.39 is 11.5 Å². The molecule has 0 unspecified atom stereocenters. The van der Waals surface area contributed by atoms with Gasteiger partial charge in [0, 0.05) is 5.69 Å². The average Bonchev–Trinajstić information content (AvgIpc) is 2.28. The molecule has 0 atom stereocenters. The van der Waals surface area contributed by atoms with Crippen molar-refractivity contribution in [2.24, 2.45) is 0 Å². The second kappa shape index (κ2) is 5.14. The number of rotatable bonds is 2. The molecule has 2 N–H and O–H groups in total. The fraction of sp³-hybridized carbons (Fsp3) is 0.0833. The largest absolute Gasteiger partial charge is 0.326 e. The number of pyridine rings is 2. The number of hydrogen-bond acceptors (Lipinski definition) is 3. The number of anilines is 1. The maximum Gasteiger partial charge on any atom is 0.262 e. The third-order valence-electron chi connectivity index (χ3n) is 2.26. The van der Waals surface area contributed by atoms with Crippen LogP contribution in [-0.4, -0.2) is 15.9 Å². The summed E-state index contributed by atoms with van der Waals surface area (Å²) in [6.07, 6.45) is 0. The summed E-state index contributed by atoms with van der Waals surface area (Å²) in [6, 6.07) is 8.29. The molecule has 1 amide bonds. The highest BCUT2D eigenvalue weighted by atomic mass is 79.9. The normalized spacial score (nSPS) is 10.1. The zero-order valence-corrected chi connectivity index (χ0v) is 11.1. The predicted octanol–water partition coefficient (Wildman–Crippen LogP) is 2.09. The van der Waals surface area contributed by atoms with E-state index in [1.54, 1.807) is 31.2 Å². The lowest BCUT2D eigenvalue weighted by molar-refractivity contribution is 0.102. The van der Waals surface area contributed by atoms with E-state index in [9.17, 15) is 9.59 Å². The van der Waals surface area contributed by atoms with Gasteiger partial charge in [-0.2, -0.15) is 0 Å². The molecule has 0 spiro atoms. The molecule has 6 heteroatoms. The third-order valence-corrected chi connectivity index (χ3v) is 2.70. The smallest absolute Gasteiger partial charge is 0.262 e. The summed E-state index contributed by atoms with van der Waals surface area (Å²) in [4.78, 5) is 30.1. The van der Waals surface area contributed by atoms with E-state index in [1.807, 2.05) is 0 Å². The van der Waals surface area contributed by atoms with Crippen molar-refractivity contribution in [1.82, 2.24) is 9.97 Å². The first-order chi connectivity index (χ1) is 8.56. The molecule has 0 aliphatic heterocycles. The van der Waals surface area contributed by atoms with Crippen LogP contribution >= 0.6 is 15.9 Å². The Balaban J connectivity index is 2.25. The molecule has 5 nitrogen and oxygen atoms in total. The van der Waals surface area contributed by atoms with Gasteiger partial charge >= 0.3 is 0 Å². The second-order valence-electron chi connectivity index (χ2n) is 3.68. The standard InChI is InChI=1S/C12H10BrN3O2/c1-7-5-6-8(11(17)14-7)12(18)16-10-4-2-3-9(13)15-10/h2-6H,1H3,(H,14,17)(H,15,16,18). The quantitative estimate of drug-likeness (QED) is 0.834. The van der Waals surface area contributed by atoms with Crippen molar-refractivity contribution in [1.29, 1.82) is 0 Å². The molecule has 0 bridgehead atoms. The summed E-state index contributed by atoms with van der Waals surface area (Å²) in [5.41, 5.74) is 0.349. The number of hydrogen-bond donors (Lipinski definition) is 2. The number of carbonyl (C=O) groups excluding carboxylic acids is 1. The van der Waals surface area contributed by atoms with Crippen LogP contribution in [0.2, 0.25) is 0 Å². The average molecular weight is 308 g/mol. The van der Waals surface area contributed by atoms with Gasteiger partial charge in [0.25, 0.3) is 11.5 Å². The van der Waals surface area contributed by atoms with E-state index in [2.05, 4.69) is 31.2 Å². The number of aryl methyl sites for hydroxylation is 1. The van der Waals surface area contributed by atoms with Crippen LogP contribution in [-0.2, 0) is 0 Å². The minimum absolute atomic E-state index is 0.0578. The minimum atomic E-state index is -0.484. The maximum atomic E-state index is 11.9. The molecular formula is C12H10BrN3O2. The minimum Gasteiger partial charge on any atom is -0.326 e. The lowest BCUT2D eigenvalue weighted by Crippen LogP contribution is -2.23. The van der Waals surface area contributed by atoms with Crippen LogP contribution in [0.5, 0.6) is 0 Å². The van der Waals surface area contributed by atoms with Crippen LogP contribution in [0.3, 0.4) is 0 Å². The highest BCUT2D eigenvalue weighted by Crippen LogP contribution is 2.10. The number of H-pyrrole nitrogens is 1. The van der Waals surface area contributed by atoms with E-state index in [4.69, 9.17) is 0 Å². The van der Waals surface area contributed by atoms with Crippen LogP contribution in [0, 0.1) is 6.92 Å². The topological polar surface area (TPSA) is 74.8 Å². The van der Waals surface area contributed by atoms with E-state index in [0.717, 1.165) is 0 Å². The number of nitrogens with zero attached hydrogens (tertiary/aromatic N) is 1. The first kappa shape index (κ1) is 12.5.